The molecule has 38 heavy (non-hydrogen) atoms. The Morgan fingerprint density at radius 2 is 1.92 bits per heavy atom. The van der Waals surface area contributed by atoms with Gasteiger partial charge in [0.15, 0.2) is 0 Å². The SMILES string of the molecule is C#Cc1ccc(CN(CCOC(=O)O)CC2CCCCN2C(=O)NCC2=Cc3ccccc3S2(O)O)cc1. The van der Waals surface area contributed by atoms with Crippen molar-refractivity contribution in [2.45, 2.75) is 36.7 Å². The summed E-state index contributed by atoms with van der Waals surface area (Å²) in [4.78, 5) is 28.9. The molecule has 4 rings (SSSR count). The van der Waals surface area contributed by atoms with E-state index in [0.717, 1.165) is 36.0 Å². The van der Waals surface area contributed by atoms with E-state index in [1.54, 1.807) is 23.1 Å². The lowest BCUT2D eigenvalue weighted by Gasteiger charge is -2.39. The molecule has 0 aromatic heterocycles. The number of benzene rings is 2. The minimum absolute atomic E-state index is 0.0171. The minimum atomic E-state index is -3.12. The van der Waals surface area contributed by atoms with Gasteiger partial charge in [-0.2, -0.15) is 0 Å². The second-order valence-electron chi connectivity index (χ2n) is 9.39. The van der Waals surface area contributed by atoms with E-state index in [-0.39, 0.29) is 25.2 Å². The van der Waals surface area contributed by atoms with Crippen LogP contribution in [0.4, 0.5) is 9.59 Å². The number of nitrogens with one attached hydrogen (secondary N) is 1. The molecule has 2 aromatic carbocycles. The van der Waals surface area contributed by atoms with Gasteiger partial charge in [0.05, 0.1) is 16.3 Å². The second kappa shape index (κ2) is 12.4. The van der Waals surface area contributed by atoms with Gasteiger partial charge in [-0.25, -0.2) is 9.59 Å². The molecule has 1 atom stereocenters. The molecule has 2 amide bonds. The van der Waals surface area contributed by atoms with Crippen LogP contribution in [0.5, 0.6) is 0 Å². The Bertz CT molecular complexity index is 1220. The molecule has 2 heterocycles. The number of rotatable bonds is 9. The molecular formula is C28H33N3O6S. The van der Waals surface area contributed by atoms with Crippen LogP contribution in [0.2, 0.25) is 0 Å². The lowest BCUT2D eigenvalue weighted by molar-refractivity contribution is 0.0697. The van der Waals surface area contributed by atoms with Crippen molar-refractivity contribution in [1.82, 2.24) is 15.1 Å². The highest BCUT2D eigenvalue weighted by Gasteiger charge is 2.32. The fourth-order valence-corrected chi connectivity index (χ4v) is 6.46. The number of fused-ring (bicyclic) bond motifs is 1. The minimum Gasteiger partial charge on any atom is -0.450 e. The van der Waals surface area contributed by atoms with Gasteiger partial charge in [-0.05, 0) is 54.7 Å². The first-order chi connectivity index (χ1) is 18.3. The Labute approximate surface area is 224 Å². The van der Waals surface area contributed by atoms with Gasteiger partial charge in [-0.15, -0.1) is 17.0 Å². The van der Waals surface area contributed by atoms with Crippen LogP contribution in [0.25, 0.3) is 6.08 Å². The zero-order valence-corrected chi connectivity index (χ0v) is 21.9. The number of carbonyl (C=O) groups excluding carboxylic acids is 1. The van der Waals surface area contributed by atoms with Gasteiger partial charge in [-0.3, -0.25) is 14.0 Å². The standard InChI is InChI=1S/C28H33N3O6S/c1-2-21-10-12-22(13-11-21)19-30(15-16-37-28(33)34)20-24-8-5-6-14-31(24)27(32)29-18-25-17-23-7-3-4-9-26(23)38(25,35)36/h1,3-4,7,9-13,17,24,35-36H,5-6,8,14-16,18-20H2,(H,29,32)(H,33,34). The van der Waals surface area contributed by atoms with Crippen molar-refractivity contribution < 1.29 is 28.5 Å². The number of carbonyl (C=O) groups is 2. The van der Waals surface area contributed by atoms with Crippen LogP contribution in [0, 0.1) is 12.3 Å². The number of hydrogen-bond acceptors (Lipinski definition) is 6. The van der Waals surface area contributed by atoms with Crippen LogP contribution in [0.1, 0.15) is 36.0 Å². The Hall–Kier alpha value is -3.49. The van der Waals surface area contributed by atoms with Gasteiger partial charge < -0.3 is 20.1 Å². The summed E-state index contributed by atoms with van der Waals surface area (Å²) in [6.07, 6.45) is 8.53. The van der Waals surface area contributed by atoms with E-state index in [9.17, 15) is 18.7 Å². The summed E-state index contributed by atoms with van der Waals surface area (Å²) in [5.74, 6) is 2.60. The predicted octanol–water partition coefficient (Wildman–Crippen LogP) is 4.89. The average molecular weight is 540 g/mol. The molecule has 2 aliphatic heterocycles. The molecular weight excluding hydrogens is 506 g/mol. The number of urea groups is 1. The van der Waals surface area contributed by atoms with Gasteiger partial charge in [0, 0.05) is 37.8 Å². The average Bonchev–Trinajstić information content (AvgIpc) is 3.17. The summed E-state index contributed by atoms with van der Waals surface area (Å²) < 4.78 is 26.2. The number of ether oxygens (including phenoxy) is 1. The molecule has 2 aromatic rings. The Kier molecular flexibility index (Phi) is 8.97. The number of amides is 2. The van der Waals surface area contributed by atoms with Crippen LogP contribution in [-0.2, 0) is 11.3 Å². The third-order valence-corrected chi connectivity index (χ3v) is 8.82. The van der Waals surface area contributed by atoms with Crippen molar-refractivity contribution in [2.24, 2.45) is 0 Å². The van der Waals surface area contributed by atoms with E-state index in [4.69, 9.17) is 16.3 Å². The van der Waals surface area contributed by atoms with Crippen LogP contribution in [-0.4, -0.2) is 75.0 Å². The molecule has 1 unspecified atom stereocenters. The largest absolute Gasteiger partial charge is 0.505 e. The van der Waals surface area contributed by atoms with E-state index in [2.05, 4.69) is 16.1 Å². The molecule has 2 aliphatic rings. The number of carboxylic acid groups (broad SMARTS) is 1. The molecule has 10 heteroatoms. The van der Waals surface area contributed by atoms with Gasteiger partial charge in [0.25, 0.3) is 0 Å². The highest BCUT2D eigenvalue weighted by molar-refractivity contribution is 8.28. The van der Waals surface area contributed by atoms with Gasteiger partial charge >= 0.3 is 12.2 Å². The maximum absolute atomic E-state index is 13.3. The molecule has 0 saturated carbocycles. The Morgan fingerprint density at radius 1 is 1.16 bits per heavy atom. The maximum atomic E-state index is 13.3. The zero-order chi connectivity index (χ0) is 27.1. The van der Waals surface area contributed by atoms with Crippen molar-refractivity contribution in [3.05, 3.63) is 70.1 Å². The first-order valence-corrected chi connectivity index (χ1v) is 14.1. The topological polar surface area (TPSA) is 123 Å². The molecule has 0 spiro atoms. The molecule has 0 aliphatic carbocycles. The van der Waals surface area contributed by atoms with Gasteiger partial charge in [0.1, 0.15) is 6.61 Å². The third-order valence-electron chi connectivity index (χ3n) is 6.84. The number of nitrogens with zero attached hydrogens (tertiary/aromatic N) is 2. The second-order valence-corrected chi connectivity index (χ2v) is 11.5. The molecule has 1 fully saturated rings. The fraction of sp³-hybridized carbons (Fsp3) is 0.357. The van der Waals surface area contributed by atoms with Crippen LogP contribution in [0.15, 0.2) is 58.3 Å². The van der Waals surface area contributed by atoms with Gasteiger partial charge in [-0.1, -0.05) is 36.3 Å². The molecule has 4 N–H and O–H groups in total. The van der Waals surface area contributed by atoms with Crippen LogP contribution < -0.4 is 5.32 Å². The van der Waals surface area contributed by atoms with Crippen molar-refractivity contribution in [1.29, 1.82) is 0 Å². The van der Waals surface area contributed by atoms with E-state index >= 15 is 0 Å². The number of terminal acetylenes is 1. The highest BCUT2D eigenvalue weighted by atomic mass is 32.3. The number of piperidine rings is 1. The van der Waals surface area contributed by atoms with E-state index < -0.39 is 16.7 Å². The summed E-state index contributed by atoms with van der Waals surface area (Å²) in [6.45, 7) is 2.10. The van der Waals surface area contributed by atoms with Crippen LogP contribution >= 0.6 is 10.6 Å². The fourth-order valence-electron chi connectivity index (χ4n) is 4.89. The molecule has 0 bridgehead atoms. The molecule has 9 nitrogen and oxygen atoms in total. The number of hydrogen-bond donors (Lipinski definition) is 4. The molecule has 202 valence electrons. The monoisotopic (exact) mass is 539 g/mol. The van der Waals surface area contributed by atoms with Crippen LogP contribution in [0.3, 0.4) is 0 Å². The summed E-state index contributed by atoms with van der Waals surface area (Å²) >= 11 is 0. The molecule has 0 radical (unpaired) electrons. The number of likely N-dealkylation sites (tertiary alicyclic amines) is 1. The summed E-state index contributed by atoms with van der Waals surface area (Å²) in [6, 6.07) is 14.4. The van der Waals surface area contributed by atoms with E-state index in [1.807, 2.05) is 36.4 Å². The van der Waals surface area contributed by atoms with Crippen molar-refractivity contribution in [3.63, 3.8) is 0 Å². The Morgan fingerprint density at radius 3 is 2.63 bits per heavy atom. The predicted molar refractivity (Wildman–Crippen MR) is 147 cm³/mol. The third kappa shape index (κ3) is 6.68. The van der Waals surface area contributed by atoms with E-state index in [1.165, 1.54) is 0 Å². The quantitative estimate of drug-likeness (QED) is 0.264. The summed E-state index contributed by atoms with van der Waals surface area (Å²) in [5, 5.41) is 11.8. The van der Waals surface area contributed by atoms with E-state index in [0.29, 0.717) is 36.0 Å². The summed E-state index contributed by atoms with van der Waals surface area (Å²) in [7, 11) is -3.12. The lowest BCUT2D eigenvalue weighted by Crippen LogP contribution is -2.53. The normalized spacial score (nSPS) is 18.7. The Balaban J connectivity index is 1.41. The first kappa shape index (κ1) is 27.5. The zero-order valence-electron chi connectivity index (χ0n) is 21.1. The van der Waals surface area contributed by atoms with Crippen molar-refractivity contribution >= 4 is 28.9 Å². The van der Waals surface area contributed by atoms with Crippen molar-refractivity contribution in [2.75, 3.05) is 32.8 Å². The highest BCUT2D eigenvalue weighted by Crippen LogP contribution is 2.61. The van der Waals surface area contributed by atoms with Gasteiger partial charge in [0.2, 0.25) is 0 Å². The smallest absolute Gasteiger partial charge is 0.450 e. The van der Waals surface area contributed by atoms with Crippen molar-refractivity contribution in [3.8, 4) is 12.3 Å². The first-order valence-electron chi connectivity index (χ1n) is 12.5. The lowest BCUT2D eigenvalue weighted by atomic mass is 10.0. The maximum Gasteiger partial charge on any atom is 0.505 e. The molecule has 1 saturated heterocycles. The summed E-state index contributed by atoms with van der Waals surface area (Å²) in [5.41, 5.74) is 2.55.